The van der Waals surface area contributed by atoms with E-state index in [9.17, 15) is 9.59 Å². The summed E-state index contributed by atoms with van der Waals surface area (Å²) in [5.74, 6) is -0.935. The molecule has 0 unspecified atom stereocenters. The van der Waals surface area contributed by atoms with Gasteiger partial charge < -0.3 is 10.1 Å². The van der Waals surface area contributed by atoms with Crippen molar-refractivity contribution in [2.75, 3.05) is 13.7 Å². The van der Waals surface area contributed by atoms with E-state index in [-0.39, 0.29) is 22.7 Å². The maximum atomic E-state index is 12.2. The molecule has 0 aliphatic heterocycles. The van der Waals surface area contributed by atoms with E-state index < -0.39 is 5.97 Å². The van der Waals surface area contributed by atoms with Crippen LogP contribution in [0.4, 0.5) is 0 Å². The van der Waals surface area contributed by atoms with Gasteiger partial charge >= 0.3 is 5.97 Å². The minimum atomic E-state index is -0.592. The fourth-order valence-electron chi connectivity index (χ4n) is 2.05. The van der Waals surface area contributed by atoms with Crippen molar-refractivity contribution >= 4 is 27.8 Å². The summed E-state index contributed by atoms with van der Waals surface area (Å²) in [4.78, 5) is 31.3. The summed E-state index contributed by atoms with van der Waals surface area (Å²) in [5.41, 5.74) is 1.08. The lowest BCUT2D eigenvalue weighted by atomic mass is 9.84. The third-order valence-electron chi connectivity index (χ3n) is 3.60. The second kappa shape index (κ2) is 7.53. The van der Waals surface area contributed by atoms with Crippen molar-refractivity contribution in [1.29, 1.82) is 0 Å². The minimum Gasteiger partial charge on any atom is -0.464 e. The number of hydrogen-bond acceptors (Lipinski definition) is 5. The van der Waals surface area contributed by atoms with Gasteiger partial charge in [-0.1, -0.05) is 41.9 Å². The Labute approximate surface area is 148 Å². The molecular weight excluding hydrogens is 374 g/mol. The molecule has 0 radical (unpaired) electrons. The lowest BCUT2D eigenvalue weighted by Crippen LogP contribution is -2.37. The van der Waals surface area contributed by atoms with Crippen molar-refractivity contribution in [1.82, 2.24) is 15.3 Å². The molecule has 0 atom stereocenters. The summed E-state index contributed by atoms with van der Waals surface area (Å²) in [7, 11) is 1.26. The zero-order valence-electron chi connectivity index (χ0n) is 13.7. The van der Waals surface area contributed by atoms with Gasteiger partial charge in [-0.15, -0.1) is 0 Å². The summed E-state index contributed by atoms with van der Waals surface area (Å²) < 4.78 is 5.55. The highest BCUT2D eigenvalue weighted by atomic mass is 79.9. The molecule has 1 amide bonds. The summed E-state index contributed by atoms with van der Waals surface area (Å²) in [6, 6.07) is 7.97. The van der Waals surface area contributed by atoms with E-state index in [1.54, 1.807) is 0 Å². The van der Waals surface area contributed by atoms with Crippen LogP contribution in [0, 0.1) is 0 Å². The van der Waals surface area contributed by atoms with Crippen molar-refractivity contribution in [2.45, 2.75) is 19.3 Å². The number of nitrogens with zero attached hydrogens (tertiary/aromatic N) is 2. The van der Waals surface area contributed by atoms with Crippen molar-refractivity contribution < 1.29 is 14.3 Å². The Balaban J connectivity index is 2.01. The van der Waals surface area contributed by atoms with E-state index in [1.807, 2.05) is 38.1 Å². The van der Waals surface area contributed by atoms with E-state index >= 15 is 0 Å². The van der Waals surface area contributed by atoms with Crippen LogP contribution in [0.3, 0.4) is 0 Å². The van der Waals surface area contributed by atoms with Gasteiger partial charge in [-0.05, 0) is 17.7 Å². The van der Waals surface area contributed by atoms with Crippen LogP contribution >= 0.6 is 15.9 Å². The summed E-state index contributed by atoms with van der Waals surface area (Å²) in [6.07, 6.45) is 2.48. The third-order valence-corrected chi connectivity index (χ3v) is 4.12. The number of rotatable bonds is 5. The number of nitrogens with one attached hydrogen (secondary N) is 1. The third kappa shape index (κ3) is 4.38. The molecule has 0 aliphatic carbocycles. The second-order valence-corrected chi connectivity index (χ2v) is 6.77. The summed E-state index contributed by atoms with van der Waals surface area (Å²) >= 11 is 3.41. The SMILES string of the molecule is COC(=O)c1cnc(C(=O)NCC(C)(C)c2ccc(Br)cc2)cn1. The molecular formula is C17H18BrN3O3. The number of aromatic nitrogens is 2. The molecule has 0 bridgehead atoms. The van der Waals surface area contributed by atoms with Crippen LogP contribution in [0.25, 0.3) is 0 Å². The second-order valence-electron chi connectivity index (χ2n) is 5.85. The zero-order valence-corrected chi connectivity index (χ0v) is 15.3. The zero-order chi connectivity index (χ0) is 17.7. The number of methoxy groups -OCH3 is 1. The fraction of sp³-hybridized carbons (Fsp3) is 0.294. The molecule has 126 valence electrons. The van der Waals surface area contributed by atoms with Gasteiger partial charge in [0.05, 0.1) is 19.5 Å². The van der Waals surface area contributed by atoms with Crippen molar-refractivity contribution in [2.24, 2.45) is 0 Å². The standard InChI is InChI=1S/C17H18BrN3O3/c1-17(2,11-4-6-12(18)7-5-11)10-21-15(22)13-8-20-14(9-19-13)16(23)24-3/h4-9H,10H2,1-3H3,(H,21,22). The van der Waals surface area contributed by atoms with Gasteiger partial charge in [-0.3, -0.25) is 4.79 Å². The Kier molecular flexibility index (Phi) is 5.66. The van der Waals surface area contributed by atoms with Crippen LogP contribution in [0.15, 0.2) is 41.1 Å². The van der Waals surface area contributed by atoms with E-state index in [0.717, 1.165) is 10.0 Å². The molecule has 2 aromatic rings. The van der Waals surface area contributed by atoms with E-state index in [4.69, 9.17) is 0 Å². The molecule has 24 heavy (non-hydrogen) atoms. The highest BCUT2D eigenvalue weighted by Gasteiger charge is 2.22. The van der Waals surface area contributed by atoms with E-state index in [1.165, 1.54) is 19.5 Å². The first kappa shape index (κ1) is 18.1. The van der Waals surface area contributed by atoms with Crippen LogP contribution in [0.5, 0.6) is 0 Å². The Bertz CT molecular complexity index is 728. The smallest absolute Gasteiger partial charge is 0.358 e. The highest BCUT2D eigenvalue weighted by Crippen LogP contribution is 2.24. The molecule has 7 heteroatoms. The Morgan fingerprint density at radius 3 is 2.25 bits per heavy atom. The molecule has 6 nitrogen and oxygen atoms in total. The van der Waals surface area contributed by atoms with Crippen LogP contribution in [-0.2, 0) is 10.2 Å². The number of halogens is 1. The lowest BCUT2D eigenvalue weighted by molar-refractivity contribution is 0.0593. The Morgan fingerprint density at radius 2 is 1.71 bits per heavy atom. The molecule has 0 saturated carbocycles. The molecule has 2 rings (SSSR count). The first-order valence-electron chi connectivity index (χ1n) is 7.28. The number of carbonyl (C=O) groups excluding carboxylic acids is 2. The summed E-state index contributed by atoms with van der Waals surface area (Å²) in [5, 5.41) is 2.85. The average molecular weight is 392 g/mol. The molecule has 0 fully saturated rings. The van der Waals surface area contributed by atoms with Crippen LogP contribution < -0.4 is 5.32 Å². The number of ether oxygens (including phenoxy) is 1. The first-order chi connectivity index (χ1) is 11.3. The number of hydrogen-bond donors (Lipinski definition) is 1. The molecule has 1 aromatic heterocycles. The van der Waals surface area contributed by atoms with Crippen molar-refractivity contribution in [3.8, 4) is 0 Å². The van der Waals surface area contributed by atoms with E-state index in [0.29, 0.717) is 6.54 Å². The molecule has 0 spiro atoms. The molecule has 1 aromatic carbocycles. The highest BCUT2D eigenvalue weighted by molar-refractivity contribution is 9.10. The molecule has 0 saturated heterocycles. The van der Waals surface area contributed by atoms with Crippen molar-refractivity contribution in [3.05, 3.63) is 58.1 Å². The average Bonchev–Trinajstić information content (AvgIpc) is 2.59. The lowest BCUT2D eigenvalue weighted by Gasteiger charge is -2.25. The van der Waals surface area contributed by atoms with Gasteiger partial charge in [0, 0.05) is 16.4 Å². The maximum absolute atomic E-state index is 12.2. The molecule has 1 N–H and O–H groups in total. The fourth-order valence-corrected chi connectivity index (χ4v) is 2.31. The normalized spacial score (nSPS) is 11.0. The first-order valence-corrected chi connectivity index (χ1v) is 8.07. The van der Waals surface area contributed by atoms with Gasteiger partial charge in [0.15, 0.2) is 5.69 Å². The van der Waals surface area contributed by atoms with Crippen LogP contribution in [0.1, 0.15) is 40.4 Å². The van der Waals surface area contributed by atoms with Gasteiger partial charge in [-0.2, -0.15) is 0 Å². The Morgan fingerprint density at radius 1 is 1.12 bits per heavy atom. The van der Waals surface area contributed by atoms with Crippen LogP contribution in [-0.4, -0.2) is 35.5 Å². The number of amides is 1. The predicted molar refractivity (Wildman–Crippen MR) is 92.9 cm³/mol. The molecule has 0 aliphatic rings. The summed E-state index contributed by atoms with van der Waals surface area (Å²) in [6.45, 7) is 4.53. The number of carbonyl (C=O) groups is 2. The monoisotopic (exact) mass is 391 g/mol. The topological polar surface area (TPSA) is 81.2 Å². The number of esters is 1. The minimum absolute atomic E-state index is 0.0595. The largest absolute Gasteiger partial charge is 0.464 e. The van der Waals surface area contributed by atoms with Gasteiger partial charge in [0.25, 0.3) is 5.91 Å². The van der Waals surface area contributed by atoms with Gasteiger partial charge in [-0.25, -0.2) is 14.8 Å². The van der Waals surface area contributed by atoms with Gasteiger partial charge in [0.2, 0.25) is 0 Å². The maximum Gasteiger partial charge on any atom is 0.358 e. The predicted octanol–water partition coefficient (Wildman–Crippen LogP) is 2.73. The number of benzene rings is 1. The molecule has 1 heterocycles. The van der Waals surface area contributed by atoms with Crippen molar-refractivity contribution in [3.63, 3.8) is 0 Å². The van der Waals surface area contributed by atoms with Crippen LogP contribution in [0.2, 0.25) is 0 Å². The van der Waals surface area contributed by atoms with E-state index in [2.05, 4.69) is 36.0 Å². The Hall–Kier alpha value is -2.28. The quantitative estimate of drug-likeness (QED) is 0.792. The van der Waals surface area contributed by atoms with Gasteiger partial charge in [0.1, 0.15) is 5.69 Å².